The molecule has 3 aromatic rings. The molecule has 152 valence electrons. The zero-order chi connectivity index (χ0) is 21.0. The van der Waals surface area contributed by atoms with Gasteiger partial charge in [0.25, 0.3) is 0 Å². The first-order valence-corrected chi connectivity index (χ1v) is 9.83. The molecule has 0 N–H and O–H groups in total. The predicted octanol–water partition coefficient (Wildman–Crippen LogP) is 2.76. The molecule has 0 aliphatic heterocycles. The van der Waals surface area contributed by atoms with E-state index in [1.807, 2.05) is 24.5 Å². The van der Waals surface area contributed by atoms with Crippen LogP contribution in [0.4, 0.5) is 4.39 Å². The molecule has 0 amide bonds. The molecule has 0 fully saturated rings. The number of hydrogen-bond acceptors (Lipinski definition) is 7. The molecule has 2 heterocycles. The van der Waals surface area contributed by atoms with Crippen molar-refractivity contribution in [3.63, 3.8) is 0 Å². The van der Waals surface area contributed by atoms with Crippen LogP contribution in [0.5, 0.6) is 0 Å². The van der Waals surface area contributed by atoms with E-state index in [2.05, 4.69) is 20.3 Å². The van der Waals surface area contributed by atoms with Crippen molar-refractivity contribution in [3.05, 3.63) is 53.1 Å². The van der Waals surface area contributed by atoms with Crippen molar-refractivity contribution >= 4 is 23.5 Å². The van der Waals surface area contributed by atoms with Gasteiger partial charge in [-0.25, -0.2) is 4.39 Å². The fourth-order valence-electron chi connectivity index (χ4n) is 2.98. The maximum Gasteiger partial charge on any atom is 0.307 e. The molecule has 10 heteroatoms. The Hall–Kier alpha value is -3.01. The standard InChI is InChI=1S/C19H20FN5O3S/c1-12-9-16(13(2)24(12)8-7-18(27)28-3)17(26)11-29-19-21-22-23-25(19)15-6-4-5-14(20)10-15/h4-6,9-10H,7-8,11H2,1-3H3. The summed E-state index contributed by atoms with van der Waals surface area (Å²) in [4.78, 5) is 24.2. The van der Waals surface area contributed by atoms with Gasteiger partial charge < -0.3 is 9.30 Å². The third-order valence-electron chi connectivity index (χ3n) is 4.47. The number of esters is 1. The lowest BCUT2D eigenvalue weighted by Gasteiger charge is -2.09. The molecular formula is C19H20FN5O3S. The molecule has 2 aromatic heterocycles. The van der Waals surface area contributed by atoms with Crippen molar-refractivity contribution in [2.24, 2.45) is 0 Å². The van der Waals surface area contributed by atoms with E-state index in [-0.39, 0.29) is 23.9 Å². The molecule has 0 aliphatic carbocycles. The summed E-state index contributed by atoms with van der Waals surface area (Å²) < 4.78 is 21.5. The highest BCUT2D eigenvalue weighted by Gasteiger charge is 2.18. The summed E-state index contributed by atoms with van der Waals surface area (Å²) in [7, 11) is 1.35. The number of methoxy groups -OCH3 is 1. The zero-order valence-electron chi connectivity index (χ0n) is 16.3. The number of ether oxygens (including phenoxy) is 1. The summed E-state index contributed by atoms with van der Waals surface area (Å²) in [5.41, 5.74) is 2.75. The fraction of sp³-hybridized carbons (Fsp3) is 0.316. The van der Waals surface area contributed by atoms with E-state index in [1.165, 1.54) is 35.7 Å². The van der Waals surface area contributed by atoms with Crippen LogP contribution in [-0.2, 0) is 16.1 Å². The van der Waals surface area contributed by atoms with Crippen molar-refractivity contribution in [1.29, 1.82) is 0 Å². The lowest BCUT2D eigenvalue weighted by Crippen LogP contribution is -2.11. The van der Waals surface area contributed by atoms with Crippen LogP contribution in [0.3, 0.4) is 0 Å². The van der Waals surface area contributed by atoms with Gasteiger partial charge in [-0.3, -0.25) is 9.59 Å². The lowest BCUT2D eigenvalue weighted by molar-refractivity contribution is -0.140. The molecule has 0 saturated carbocycles. The Bertz CT molecular complexity index is 1050. The molecule has 0 bridgehead atoms. The van der Waals surface area contributed by atoms with E-state index in [4.69, 9.17) is 0 Å². The number of ketones is 1. The number of rotatable bonds is 8. The fourth-order valence-corrected chi connectivity index (χ4v) is 3.75. The number of halogens is 1. The van der Waals surface area contributed by atoms with Crippen LogP contribution in [0.1, 0.15) is 28.2 Å². The smallest absolute Gasteiger partial charge is 0.307 e. The van der Waals surface area contributed by atoms with Gasteiger partial charge >= 0.3 is 5.97 Å². The van der Waals surface area contributed by atoms with Crippen molar-refractivity contribution in [1.82, 2.24) is 24.8 Å². The average molecular weight is 417 g/mol. The number of aryl methyl sites for hydroxylation is 1. The molecule has 0 saturated heterocycles. The minimum Gasteiger partial charge on any atom is -0.469 e. The lowest BCUT2D eigenvalue weighted by atomic mass is 10.2. The molecule has 0 spiro atoms. The summed E-state index contributed by atoms with van der Waals surface area (Å²) in [6.07, 6.45) is 0.234. The summed E-state index contributed by atoms with van der Waals surface area (Å²) in [5.74, 6) is -0.660. The Labute approximate surface area is 171 Å². The maximum atomic E-state index is 13.5. The summed E-state index contributed by atoms with van der Waals surface area (Å²) in [6.45, 7) is 4.18. The summed E-state index contributed by atoms with van der Waals surface area (Å²) >= 11 is 1.17. The zero-order valence-corrected chi connectivity index (χ0v) is 17.1. The Morgan fingerprint density at radius 2 is 2.03 bits per heavy atom. The summed E-state index contributed by atoms with van der Waals surface area (Å²) in [6, 6.07) is 7.71. The number of tetrazole rings is 1. The van der Waals surface area contributed by atoms with Gasteiger partial charge in [-0.2, -0.15) is 4.68 Å². The highest BCUT2D eigenvalue weighted by Crippen LogP contribution is 2.22. The van der Waals surface area contributed by atoms with Crippen LogP contribution in [-0.4, -0.2) is 49.4 Å². The van der Waals surface area contributed by atoms with Gasteiger partial charge in [-0.05, 0) is 48.5 Å². The number of carbonyl (C=O) groups excluding carboxylic acids is 2. The second kappa shape index (κ2) is 8.99. The number of carbonyl (C=O) groups is 2. The van der Waals surface area contributed by atoms with E-state index < -0.39 is 5.82 Å². The monoisotopic (exact) mass is 417 g/mol. The highest BCUT2D eigenvalue weighted by atomic mass is 32.2. The van der Waals surface area contributed by atoms with E-state index >= 15 is 0 Å². The van der Waals surface area contributed by atoms with Gasteiger partial charge in [0.1, 0.15) is 5.82 Å². The van der Waals surface area contributed by atoms with Crippen LogP contribution in [0.15, 0.2) is 35.5 Å². The third kappa shape index (κ3) is 4.70. The van der Waals surface area contributed by atoms with Crippen LogP contribution < -0.4 is 0 Å². The van der Waals surface area contributed by atoms with E-state index in [0.717, 1.165) is 11.4 Å². The Kier molecular flexibility index (Phi) is 6.42. The van der Waals surface area contributed by atoms with Gasteiger partial charge in [0, 0.05) is 23.5 Å². The molecule has 29 heavy (non-hydrogen) atoms. The first-order chi connectivity index (χ1) is 13.9. The highest BCUT2D eigenvalue weighted by molar-refractivity contribution is 7.99. The van der Waals surface area contributed by atoms with Crippen LogP contribution in [0.2, 0.25) is 0 Å². The van der Waals surface area contributed by atoms with Crippen LogP contribution >= 0.6 is 11.8 Å². The van der Waals surface area contributed by atoms with E-state index in [0.29, 0.717) is 23.0 Å². The number of aromatic nitrogens is 5. The number of nitrogens with zero attached hydrogens (tertiary/aromatic N) is 5. The third-order valence-corrected chi connectivity index (χ3v) is 5.39. The van der Waals surface area contributed by atoms with Gasteiger partial charge in [-0.1, -0.05) is 17.8 Å². The quantitative estimate of drug-likeness (QED) is 0.316. The molecule has 0 unspecified atom stereocenters. The largest absolute Gasteiger partial charge is 0.469 e. The van der Waals surface area contributed by atoms with Crippen LogP contribution in [0.25, 0.3) is 5.69 Å². The first kappa shape index (κ1) is 20.7. The number of hydrogen-bond donors (Lipinski definition) is 0. The molecule has 8 nitrogen and oxygen atoms in total. The molecule has 0 aliphatic rings. The van der Waals surface area contributed by atoms with Crippen molar-refractivity contribution < 1.29 is 18.7 Å². The van der Waals surface area contributed by atoms with Gasteiger partial charge in [0.05, 0.1) is 25.0 Å². The van der Waals surface area contributed by atoms with Crippen LogP contribution in [0, 0.1) is 19.7 Å². The minimum absolute atomic E-state index is 0.0822. The maximum absolute atomic E-state index is 13.5. The topological polar surface area (TPSA) is 91.9 Å². The van der Waals surface area contributed by atoms with Crippen molar-refractivity contribution in [3.8, 4) is 5.69 Å². The van der Waals surface area contributed by atoms with Gasteiger partial charge in [0.15, 0.2) is 5.78 Å². The normalized spacial score (nSPS) is 10.9. The van der Waals surface area contributed by atoms with E-state index in [9.17, 15) is 14.0 Å². The Morgan fingerprint density at radius 1 is 1.24 bits per heavy atom. The first-order valence-electron chi connectivity index (χ1n) is 8.84. The molecular weight excluding hydrogens is 397 g/mol. The molecule has 1 aromatic carbocycles. The SMILES string of the molecule is COC(=O)CCn1c(C)cc(C(=O)CSc2nnnn2-c2cccc(F)c2)c1C. The van der Waals surface area contributed by atoms with E-state index in [1.54, 1.807) is 12.1 Å². The Morgan fingerprint density at radius 3 is 2.76 bits per heavy atom. The van der Waals surface area contributed by atoms with Crippen molar-refractivity contribution in [2.75, 3.05) is 12.9 Å². The minimum atomic E-state index is -0.399. The second-order valence-corrected chi connectivity index (χ2v) is 7.27. The Balaban J connectivity index is 1.71. The van der Waals surface area contributed by atoms with Gasteiger partial charge in [-0.15, -0.1) is 5.10 Å². The van der Waals surface area contributed by atoms with Gasteiger partial charge in [0.2, 0.25) is 5.16 Å². The predicted molar refractivity (Wildman–Crippen MR) is 105 cm³/mol. The number of benzene rings is 1. The number of thioether (sulfide) groups is 1. The second-order valence-electron chi connectivity index (χ2n) is 6.33. The average Bonchev–Trinajstić information content (AvgIpc) is 3.29. The molecule has 3 rings (SSSR count). The van der Waals surface area contributed by atoms with Crippen molar-refractivity contribution in [2.45, 2.75) is 32.0 Å². The molecule has 0 atom stereocenters. The molecule has 0 radical (unpaired) electrons. The number of Topliss-reactive ketones (excluding diaryl/α,β-unsaturated/α-hetero) is 1. The summed E-state index contributed by atoms with van der Waals surface area (Å²) in [5, 5.41) is 11.8.